The minimum absolute atomic E-state index is 0.0556. The summed E-state index contributed by atoms with van der Waals surface area (Å²) >= 11 is 25.2. The van der Waals surface area contributed by atoms with Gasteiger partial charge in [0.25, 0.3) is 10.2 Å². The Kier molecular flexibility index (Phi) is 23.6. The molecule has 0 amide bonds. The van der Waals surface area contributed by atoms with Crippen LogP contribution in [-0.2, 0) is 59.6 Å². The van der Waals surface area contributed by atoms with Gasteiger partial charge in [-0.15, -0.1) is 0 Å². The van der Waals surface area contributed by atoms with Gasteiger partial charge in [0.15, 0.2) is 0 Å². The number of rotatable bonds is 20. The van der Waals surface area contributed by atoms with Crippen molar-refractivity contribution in [3.8, 4) is 0 Å². The second-order valence-corrected chi connectivity index (χ2v) is 26.6. The highest BCUT2D eigenvalue weighted by Gasteiger charge is 2.29. The Morgan fingerprint density at radius 1 is 0.652 bits per heavy atom. The van der Waals surface area contributed by atoms with Gasteiger partial charge in [-0.1, -0.05) is 70.7 Å². The summed E-state index contributed by atoms with van der Waals surface area (Å²) in [7, 11) is -4.70. The van der Waals surface area contributed by atoms with E-state index in [4.69, 9.17) is 80.9 Å². The van der Waals surface area contributed by atoms with Gasteiger partial charge in [-0.25, -0.2) is 8.42 Å². The summed E-state index contributed by atoms with van der Waals surface area (Å²) in [6, 6.07) is 22.8. The van der Waals surface area contributed by atoms with E-state index in [0.29, 0.717) is 20.8 Å². The van der Waals surface area contributed by atoms with E-state index in [1.807, 2.05) is 49.5 Å². The third-order valence-electron chi connectivity index (χ3n) is 10.7. The molecule has 2 atom stereocenters. The van der Waals surface area contributed by atoms with Crippen LogP contribution in [0.5, 0.6) is 0 Å². The van der Waals surface area contributed by atoms with E-state index in [1.165, 1.54) is 16.7 Å². The number of nitrogens with one attached hydrogen (secondary N) is 2. The van der Waals surface area contributed by atoms with Gasteiger partial charge >= 0.3 is 15.2 Å². The molecule has 2 aliphatic rings. The quantitative estimate of drug-likeness (QED) is 0.0430. The number of fused-ring (bicyclic) bond motifs is 2. The summed E-state index contributed by atoms with van der Waals surface area (Å²) in [6.07, 6.45) is 0.179. The number of anilines is 2. The summed E-state index contributed by atoms with van der Waals surface area (Å²) in [6.45, 7) is 11.0. The van der Waals surface area contributed by atoms with Crippen LogP contribution in [0.4, 0.5) is 11.4 Å². The maximum absolute atomic E-state index is 12.5. The van der Waals surface area contributed by atoms with Gasteiger partial charge in [0.1, 0.15) is 0 Å². The van der Waals surface area contributed by atoms with Gasteiger partial charge in [0.05, 0.1) is 44.5 Å². The van der Waals surface area contributed by atoms with Crippen LogP contribution in [0.2, 0.25) is 20.1 Å². The number of nitrogens with two attached hydrogens (primary N) is 1. The fraction of sp³-hybridized carbons (Fsp3) is 0.467. The number of hydrogen-bond acceptors (Lipinski definition) is 13. The number of likely N-dealkylation sites (N-methyl/N-ethyl adjacent to an activating group) is 2. The van der Waals surface area contributed by atoms with Crippen LogP contribution in [-0.4, -0.2) is 105 Å². The second kappa shape index (κ2) is 27.3. The average molecular weight is 1140 g/mol. The topological polar surface area (TPSA) is 196 Å². The molecule has 0 aromatic heterocycles. The third-order valence-corrected chi connectivity index (χ3v) is 18.4. The van der Waals surface area contributed by atoms with E-state index in [2.05, 4.69) is 38.4 Å². The van der Waals surface area contributed by atoms with Crippen molar-refractivity contribution in [1.82, 2.24) is 14.5 Å². The molecule has 69 heavy (non-hydrogen) atoms. The van der Waals surface area contributed by atoms with Crippen LogP contribution in [0.15, 0.2) is 72.8 Å². The predicted octanol–water partition coefficient (Wildman–Crippen LogP) is 11.4. The first-order valence-corrected chi connectivity index (χ1v) is 31.1. The number of nitrogens with zero attached hydrogens (tertiary/aromatic N) is 2. The van der Waals surface area contributed by atoms with E-state index in [1.54, 1.807) is 45.9 Å². The number of benzene rings is 4. The molecule has 0 radical (unpaired) electrons. The monoisotopic (exact) mass is 1130 g/mol. The van der Waals surface area contributed by atoms with Gasteiger partial charge in [0, 0.05) is 86.7 Å². The molecule has 0 spiro atoms. The van der Waals surface area contributed by atoms with Crippen molar-refractivity contribution in [2.75, 3.05) is 88.7 Å². The van der Waals surface area contributed by atoms with Crippen LogP contribution in [0.3, 0.4) is 0 Å². The van der Waals surface area contributed by atoms with Gasteiger partial charge in [0.2, 0.25) is 9.05 Å². The number of nitrogen functional groups attached to an aromatic ring is 1. The molecular formula is C45H62Cl5N5O10P2S2. The SMILES string of the molecule is CCOP(=O)(CCCS(=O)(=O)Cl)OCC.CCOP(=O)(CCNS(=O)(=O)Nc1ccc(C2CN(C)Cc3c(Cl)cc(Cl)cc32)cc1)OCC.CN1Cc2c(Cl)cc(Cl)cc2C(c2ccc(N)cc2)C1. The van der Waals surface area contributed by atoms with Crippen LogP contribution in [0.25, 0.3) is 0 Å². The molecule has 0 saturated heterocycles. The van der Waals surface area contributed by atoms with Crippen LogP contribution >= 0.6 is 72.3 Å². The minimum atomic E-state index is -3.87. The molecule has 0 saturated carbocycles. The summed E-state index contributed by atoms with van der Waals surface area (Å²) in [5.41, 5.74) is 13.8. The van der Waals surface area contributed by atoms with Gasteiger partial charge in [-0.2, -0.15) is 13.1 Å². The van der Waals surface area contributed by atoms with E-state index in [-0.39, 0.29) is 69.3 Å². The lowest BCUT2D eigenvalue weighted by Crippen LogP contribution is -2.32. The first-order valence-electron chi connectivity index (χ1n) is 22.2. The Hall–Kier alpha value is -1.99. The van der Waals surface area contributed by atoms with Crippen LogP contribution in [0, 0.1) is 0 Å². The number of halogens is 5. The van der Waals surface area contributed by atoms with Gasteiger partial charge < -0.3 is 33.6 Å². The molecule has 2 unspecified atom stereocenters. The van der Waals surface area contributed by atoms with Crippen LogP contribution in [0.1, 0.15) is 79.3 Å². The highest BCUT2D eigenvalue weighted by molar-refractivity contribution is 8.13. The first-order chi connectivity index (χ1) is 32.4. The highest BCUT2D eigenvalue weighted by atomic mass is 35.7. The molecule has 2 aliphatic heterocycles. The molecule has 0 bridgehead atoms. The Balaban J connectivity index is 0.000000250. The fourth-order valence-corrected chi connectivity index (χ4v) is 14.2. The Bertz CT molecular complexity index is 2620. The molecule has 6 rings (SSSR count). The third kappa shape index (κ3) is 19.1. The van der Waals surface area contributed by atoms with Crippen molar-refractivity contribution >= 4 is 103 Å². The van der Waals surface area contributed by atoms with Crippen molar-refractivity contribution in [2.45, 2.75) is 59.0 Å². The molecule has 4 aromatic rings. The first kappa shape index (κ1) is 59.6. The van der Waals surface area contributed by atoms with Crippen molar-refractivity contribution in [3.63, 3.8) is 0 Å². The minimum Gasteiger partial charge on any atom is -0.399 e. The van der Waals surface area contributed by atoms with E-state index in [0.717, 1.165) is 53.6 Å². The lowest BCUT2D eigenvalue weighted by atomic mass is 9.85. The molecule has 0 fully saturated rings. The van der Waals surface area contributed by atoms with Crippen molar-refractivity contribution in [1.29, 1.82) is 0 Å². The smallest absolute Gasteiger partial charge is 0.331 e. The molecule has 15 nitrogen and oxygen atoms in total. The molecule has 4 N–H and O–H groups in total. The predicted molar refractivity (Wildman–Crippen MR) is 283 cm³/mol. The number of hydrogen-bond donors (Lipinski definition) is 3. The molecular weight excluding hydrogens is 1070 g/mol. The maximum atomic E-state index is 12.5. The van der Waals surface area contributed by atoms with E-state index < -0.39 is 34.5 Å². The standard InChI is InChI=1S/C22H30Cl2N3O5PS.C16H16Cl2N2.C7H16ClO5PS/c1-4-31-33(28,32-5-2)11-10-25-34(29,30)26-18-8-6-16(7-9-18)20-14-27(3)15-21-19(20)12-17(23)13-22(21)24;1-20-8-14(10-2-4-12(19)5-3-10)13-6-11(17)7-16(18)15(13)9-20;1-3-12-14(9,13-4-2)6-5-7-15(8,10)11/h6-9,12-13,20,25-26H,4-5,10-11,14-15H2,1-3H3;2-7,14H,8-9,19H2,1H3;3-7H2,1-2H3. The van der Waals surface area contributed by atoms with Gasteiger partial charge in [-0.05, 0) is 130 Å². The van der Waals surface area contributed by atoms with Crippen molar-refractivity contribution < 1.29 is 44.1 Å². The van der Waals surface area contributed by atoms with Crippen LogP contribution < -0.4 is 15.2 Å². The highest BCUT2D eigenvalue weighted by Crippen LogP contribution is 2.49. The molecule has 384 valence electrons. The summed E-state index contributed by atoms with van der Waals surface area (Å²) < 4.78 is 95.6. The lowest BCUT2D eigenvalue weighted by Gasteiger charge is -2.33. The van der Waals surface area contributed by atoms with Crippen molar-refractivity contribution in [2.24, 2.45) is 0 Å². The molecule has 2 heterocycles. The Morgan fingerprint density at radius 2 is 1.06 bits per heavy atom. The second-order valence-electron chi connectivity index (χ2n) is 16.1. The molecule has 24 heteroatoms. The molecule has 0 aliphatic carbocycles. The van der Waals surface area contributed by atoms with E-state index in [9.17, 15) is 26.0 Å². The maximum Gasteiger partial charge on any atom is 0.331 e. The van der Waals surface area contributed by atoms with Gasteiger partial charge in [-0.3, -0.25) is 13.9 Å². The zero-order valence-corrected chi connectivity index (χ0v) is 46.6. The van der Waals surface area contributed by atoms with Crippen molar-refractivity contribution in [3.05, 3.63) is 126 Å². The lowest BCUT2D eigenvalue weighted by molar-refractivity contribution is 0.219. The molecule has 4 aromatic carbocycles. The summed E-state index contributed by atoms with van der Waals surface area (Å²) in [4.78, 5) is 4.47. The Labute approximate surface area is 432 Å². The summed E-state index contributed by atoms with van der Waals surface area (Å²) in [5, 5.41) is 2.68. The summed E-state index contributed by atoms with van der Waals surface area (Å²) in [5.74, 6) is 0.110. The average Bonchev–Trinajstić information content (AvgIpc) is 3.24. The Morgan fingerprint density at radius 3 is 1.46 bits per heavy atom. The largest absolute Gasteiger partial charge is 0.399 e. The fourth-order valence-electron chi connectivity index (χ4n) is 7.83. The zero-order chi connectivity index (χ0) is 51.2. The van der Waals surface area contributed by atoms with E-state index >= 15 is 0 Å². The zero-order valence-electron chi connectivity index (χ0n) is 39.4. The normalized spacial score (nSPS) is 16.6.